The summed E-state index contributed by atoms with van der Waals surface area (Å²) in [4.78, 5) is 0. The first kappa shape index (κ1) is 9.89. The van der Waals surface area contributed by atoms with Crippen LogP contribution in [0.25, 0.3) is 10.9 Å². The van der Waals surface area contributed by atoms with Gasteiger partial charge in [-0.15, -0.1) is 0 Å². The second-order valence-corrected chi connectivity index (χ2v) is 3.93. The topological polar surface area (TPSA) is 61.7 Å². The predicted octanol–water partition coefficient (Wildman–Crippen LogP) is 1.52. The van der Waals surface area contributed by atoms with E-state index in [1.807, 2.05) is 33.9 Å². The fourth-order valence-corrected chi connectivity index (χ4v) is 1.90. The van der Waals surface area contributed by atoms with Crippen molar-refractivity contribution in [2.45, 2.75) is 13.1 Å². The number of anilines is 1. The number of nitrogen functional groups attached to an aromatic ring is 1. The average molecular weight is 227 g/mol. The maximum atomic E-state index is 5.56. The van der Waals surface area contributed by atoms with Crippen molar-refractivity contribution in [3.63, 3.8) is 0 Å². The van der Waals surface area contributed by atoms with E-state index >= 15 is 0 Å². The lowest BCUT2D eigenvalue weighted by Crippen LogP contribution is -2.09. The van der Waals surface area contributed by atoms with Gasteiger partial charge in [-0.3, -0.25) is 9.36 Å². The molecule has 2 heterocycles. The first-order chi connectivity index (χ1) is 8.33. The molecule has 0 bridgehead atoms. The predicted molar refractivity (Wildman–Crippen MR) is 66.4 cm³/mol. The summed E-state index contributed by atoms with van der Waals surface area (Å²) in [6, 6.07) is 9.96. The van der Waals surface area contributed by atoms with Crippen molar-refractivity contribution in [1.82, 2.24) is 19.6 Å². The van der Waals surface area contributed by atoms with Crippen LogP contribution in [0.15, 0.2) is 42.7 Å². The fraction of sp³-hybridized carbons (Fsp3) is 0.167. The van der Waals surface area contributed by atoms with Crippen molar-refractivity contribution >= 4 is 16.7 Å². The molecule has 0 saturated heterocycles. The summed E-state index contributed by atoms with van der Waals surface area (Å²) in [5, 5.41) is 9.66. The van der Waals surface area contributed by atoms with E-state index < -0.39 is 0 Å². The second kappa shape index (κ2) is 3.93. The lowest BCUT2D eigenvalue weighted by Gasteiger charge is -2.03. The molecule has 3 aromatic rings. The third kappa shape index (κ3) is 1.87. The number of fused-ring (bicyclic) bond motifs is 1. The highest BCUT2D eigenvalue weighted by atomic mass is 15.3. The van der Waals surface area contributed by atoms with Gasteiger partial charge in [-0.05, 0) is 12.1 Å². The monoisotopic (exact) mass is 227 g/mol. The van der Waals surface area contributed by atoms with E-state index in [2.05, 4.69) is 22.3 Å². The first-order valence-corrected chi connectivity index (χ1v) is 5.52. The zero-order valence-corrected chi connectivity index (χ0v) is 9.32. The molecule has 0 spiro atoms. The van der Waals surface area contributed by atoms with Gasteiger partial charge >= 0.3 is 0 Å². The van der Waals surface area contributed by atoms with Crippen LogP contribution in [0.4, 0.5) is 5.82 Å². The molecular weight excluding hydrogens is 214 g/mol. The number of para-hydroxylation sites is 1. The highest BCUT2D eigenvalue weighted by Gasteiger charge is 2.01. The summed E-state index contributed by atoms with van der Waals surface area (Å²) >= 11 is 0. The largest absolute Gasteiger partial charge is 0.382 e. The van der Waals surface area contributed by atoms with Gasteiger partial charge in [-0.25, -0.2) is 0 Å². The minimum absolute atomic E-state index is 0.551. The Balaban J connectivity index is 1.81. The minimum atomic E-state index is 0.551. The summed E-state index contributed by atoms with van der Waals surface area (Å²) in [5.74, 6) is 0.551. The Bertz CT molecular complexity index is 637. The molecule has 0 aliphatic heterocycles. The number of aromatic nitrogens is 4. The molecule has 1 aromatic carbocycles. The fourth-order valence-electron chi connectivity index (χ4n) is 1.90. The molecule has 0 unspecified atom stereocenters. The molecule has 0 aliphatic carbocycles. The van der Waals surface area contributed by atoms with Gasteiger partial charge in [0.05, 0.1) is 24.8 Å². The van der Waals surface area contributed by atoms with Crippen LogP contribution < -0.4 is 5.73 Å². The molecule has 17 heavy (non-hydrogen) atoms. The second-order valence-electron chi connectivity index (χ2n) is 3.93. The van der Waals surface area contributed by atoms with Gasteiger partial charge in [-0.2, -0.15) is 10.2 Å². The highest BCUT2D eigenvalue weighted by molar-refractivity contribution is 5.78. The summed E-state index contributed by atoms with van der Waals surface area (Å²) in [7, 11) is 0. The molecule has 3 rings (SSSR count). The summed E-state index contributed by atoms with van der Waals surface area (Å²) in [6.45, 7) is 1.55. The van der Waals surface area contributed by atoms with E-state index in [-0.39, 0.29) is 0 Å². The number of aryl methyl sites for hydroxylation is 2. The smallest absolute Gasteiger partial charge is 0.145 e. The molecule has 5 heteroatoms. The van der Waals surface area contributed by atoms with Gasteiger partial charge in [0.1, 0.15) is 5.82 Å². The van der Waals surface area contributed by atoms with Gasteiger partial charge in [0.25, 0.3) is 0 Å². The van der Waals surface area contributed by atoms with Crippen molar-refractivity contribution in [2.75, 3.05) is 5.73 Å². The van der Waals surface area contributed by atoms with Crippen molar-refractivity contribution in [2.24, 2.45) is 0 Å². The van der Waals surface area contributed by atoms with E-state index in [0.717, 1.165) is 24.0 Å². The maximum absolute atomic E-state index is 5.56. The molecular formula is C12H13N5. The number of hydrogen-bond acceptors (Lipinski definition) is 3. The number of benzene rings is 1. The van der Waals surface area contributed by atoms with Crippen LogP contribution in [0, 0.1) is 0 Å². The third-order valence-electron chi connectivity index (χ3n) is 2.75. The normalized spacial score (nSPS) is 11.1. The summed E-state index contributed by atoms with van der Waals surface area (Å²) < 4.78 is 3.80. The van der Waals surface area contributed by atoms with Gasteiger partial charge in [0, 0.05) is 11.6 Å². The first-order valence-electron chi connectivity index (χ1n) is 5.52. The van der Waals surface area contributed by atoms with E-state index in [0.29, 0.717) is 5.82 Å². The van der Waals surface area contributed by atoms with Crippen LogP contribution in [0.2, 0.25) is 0 Å². The van der Waals surface area contributed by atoms with Crippen LogP contribution in [0.1, 0.15) is 0 Å². The molecule has 86 valence electrons. The standard InChI is InChI=1S/C12H13N5/c13-12-5-6-16(15-12)7-8-17-11-4-2-1-3-10(11)9-14-17/h1-6,9H,7-8H2,(H2,13,15). The van der Waals surface area contributed by atoms with Crippen LogP contribution in [0.5, 0.6) is 0 Å². The van der Waals surface area contributed by atoms with Crippen molar-refractivity contribution in [3.8, 4) is 0 Å². The Hall–Kier alpha value is -2.30. The third-order valence-corrected chi connectivity index (χ3v) is 2.75. The molecule has 0 amide bonds. The number of nitrogens with two attached hydrogens (primary N) is 1. The SMILES string of the molecule is Nc1ccn(CCn2ncc3ccccc32)n1. The number of nitrogens with zero attached hydrogens (tertiary/aromatic N) is 4. The van der Waals surface area contributed by atoms with E-state index in [1.54, 1.807) is 6.07 Å². The molecule has 0 fully saturated rings. The average Bonchev–Trinajstić information content (AvgIpc) is 2.93. The lowest BCUT2D eigenvalue weighted by molar-refractivity contribution is 0.511. The molecule has 0 atom stereocenters. The van der Waals surface area contributed by atoms with Crippen molar-refractivity contribution in [3.05, 3.63) is 42.7 Å². The number of hydrogen-bond donors (Lipinski definition) is 1. The highest BCUT2D eigenvalue weighted by Crippen LogP contribution is 2.12. The molecule has 0 saturated carbocycles. The Morgan fingerprint density at radius 3 is 2.82 bits per heavy atom. The van der Waals surface area contributed by atoms with Gasteiger partial charge in [0.15, 0.2) is 0 Å². The van der Waals surface area contributed by atoms with Gasteiger partial charge in [-0.1, -0.05) is 18.2 Å². The minimum Gasteiger partial charge on any atom is -0.382 e. The van der Waals surface area contributed by atoms with Gasteiger partial charge in [0.2, 0.25) is 0 Å². The molecule has 0 radical (unpaired) electrons. The van der Waals surface area contributed by atoms with E-state index in [1.165, 1.54) is 0 Å². The summed E-state index contributed by atoms with van der Waals surface area (Å²) in [6.07, 6.45) is 3.76. The Labute approximate surface area is 98.5 Å². The summed E-state index contributed by atoms with van der Waals surface area (Å²) in [5.41, 5.74) is 6.71. The van der Waals surface area contributed by atoms with Crippen LogP contribution in [0.3, 0.4) is 0 Å². The van der Waals surface area contributed by atoms with Gasteiger partial charge < -0.3 is 5.73 Å². The van der Waals surface area contributed by atoms with Crippen LogP contribution >= 0.6 is 0 Å². The van der Waals surface area contributed by atoms with Crippen LogP contribution in [-0.2, 0) is 13.1 Å². The van der Waals surface area contributed by atoms with Crippen LogP contribution in [-0.4, -0.2) is 19.6 Å². The quantitative estimate of drug-likeness (QED) is 0.737. The zero-order chi connectivity index (χ0) is 11.7. The molecule has 0 aliphatic rings. The lowest BCUT2D eigenvalue weighted by atomic mass is 10.3. The van der Waals surface area contributed by atoms with Crippen molar-refractivity contribution < 1.29 is 0 Å². The van der Waals surface area contributed by atoms with E-state index in [4.69, 9.17) is 5.73 Å². The molecule has 5 nitrogen and oxygen atoms in total. The molecule has 2 N–H and O–H groups in total. The Morgan fingerprint density at radius 2 is 2.00 bits per heavy atom. The maximum Gasteiger partial charge on any atom is 0.145 e. The number of rotatable bonds is 3. The van der Waals surface area contributed by atoms with E-state index in [9.17, 15) is 0 Å². The Kier molecular flexibility index (Phi) is 2.29. The van der Waals surface area contributed by atoms with Crippen molar-refractivity contribution in [1.29, 1.82) is 0 Å². The zero-order valence-electron chi connectivity index (χ0n) is 9.32. The molecule has 2 aromatic heterocycles. The Morgan fingerprint density at radius 1 is 1.12 bits per heavy atom.